The SMILES string of the molecule is CCCCCCCCCCCC(=O)OCC(O)CNC(=O)C(=O)CCCCCCCCCCC. The van der Waals surface area contributed by atoms with Crippen LogP contribution in [0.5, 0.6) is 0 Å². The number of unbranched alkanes of at least 4 members (excludes halogenated alkanes) is 16. The van der Waals surface area contributed by atoms with E-state index in [2.05, 4.69) is 19.2 Å². The molecule has 6 nitrogen and oxygen atoms in total. The monoisotopic (exact) mass is 483 g/mol. The smallest absolute Gasteiger partial charge is 0.305 e. The Morgan fingerprint density at radius 2 is 1.06 bits per heavy atom. The third-order valence-electron chi connectivity index (χ3n) is 6.18. The normalized spacial score (nSPS) is 11.9. The van der Waals surface area contributed by atoms with Crippen LogP contribution < -0.4 is 5.32 Å². The van der Waals surface area contributed by atoms with Gasteiger partial charge in [0, 0.05) is 19.4 Å². The molecule has 2 N–H and O–H groups in total. The summed E-state index contributed by atoms with van der Waals surface area (Å²) in [7, 11) is 0. The standard InChI is InChI=1S/C28H53NO5/c1-3-5-7-9-11-13-15-17-19-21-26(31)28(33)29-23-25(30)24-34-27(32)22-20-18-16-14-12-10-8-6-4-2/h25,30H,3-24H2,1-2H3,(H,29,33). The molecular weight excluding hydrogens is 430 g/mol. The lowest BCUT2D eigenvalue weighted by atomic mass is 10.1. The zero-order chi connectivity index (χ0) is 25.3. The van der Waals surface area contributed by atoms with Crippen LogP contribution in [0.4, 0.5) is 0 Å². The van der Waals surface area contributed by atoms with Gasteiger partial charge in [-0.3, -0.25) is 14.4 Å². The summed E-state index contributed by atoms with van der Waals surface area (Å²) in [4.78, 5) is 35.6. The minimum Gasteiger partial charge on any atom is -0.463 e. The van der Waals surface area contributed by atoms with E-state index in [1.807, 2.05) is 0 Å². The van der Waals surface area contributed by atoms with Crippen LogP contribution in [0.25, 0.3) is 0 Å². The number of carbonyl (C=O) groups is 3. The lowest BCUT2D eigenvalue weighted by Crippen LogP contribution is -2.38. The molecule has 0 aromatic heterocycles. The first kappa shape index (κ1) is 32.6. The summed E-state index contributed by atoms with van der Waals surface area (Å²) >= 11 is 0. The lowest BCUT2D eigenvalue weighted by molar-refractivity contribution is -0.147. The van der Waals surface area contributed by atoms with Crippen molar-refractivity contribution in [1.29, 1.82) is 0 Å². The number of esters is 1. The van der Waals surface area contributed by atoms with Crippen LogP contribution in [0, 0.1) is 0 Å². The molecule has 34 heavy (non-hydrogen) atoms. The van der Waals surface area contributed by atoms with E-state index in [1.165, 1.54) is 77.0 Å². The van der Waals surface area contributed by atoms with Crippen LogP contribution in [0.15, 0.2) is 0 Å². The van der Waals surface area contributed by atoms with Crippen molar-refractivity contribution >= 4 is 17.7 Å². The molecule has 0 rings (SSSR count). The molecule has 0 aliphatic rings. The minimum atomic E-state index is -1.00. The minimum absolute atomic E-state index is 0.0896. The molecule has 6 heteroatoms. The van der Waals surface area contributed by atoms with Crippen molar-refractivity contribution in [2.45, 2.75) is 148 Å². The molecule has 1 unspecified atom stereocenters. The topological polar surface area (TPSA) is 92.7 Å². The Kier molecular flexibility index (Phi) is 23.6. The number of hydrogen-bond acceptors (Lipinski definition) is 5. The van der Waals surface area contributed by atoms with E-state index >= 15 is 0 Å². The van der Waals surface area contributed by atoms with Gasteiger partial charge in [-0.25, -0.2) is 0 Å². The maximum atomic E-state index is 11.9. The van der Waals surface area contributed by atoms with Crippen molar-refractivity contribution in [3.05, 3.63) is 0 Å². The number of ketones is 1. The molecule has 0 fully saturated rings. The first-order valence-electron chi connectivity index (χ1n) is 14.2. The molecule has 0 heterocycles. The van der Waals surface area contributed by atoms with Gasteiger partial charge in [-0.15, -0.1) is 0 Å². The molecule has 0 aromatic rings. The number of amides is 1. The Morgan fingerprint density at radius 3 is 1.53 bits per heavy atom. The zero-order valence-electron chi connectivity index (χ0n) is 22.2. The second-order valence-corrected chi connectivity index (χ2v) is 9.63. The number of Topliss-reactive ketones (excluding diaryl/α,β-unsaturated/α-hetero) is 1. The molecule has 1 atom stereocenters. The van der Waals surface area contributed by atoms with Crippen LogP contribution in [0.3, 0.4) is 0 Å². The van der Waals surface area contributed by atoms with Gasteiger partial charge in [0.25, 0.3) is 5.91 Å². The number of ether oxygens (including phenoxy) is 1. The number of nitrogens with one attached hydrogen (secondary N) is 1. The van der Waals surface area contributed by atoms with E-state index in [4.69, 9.17) is 4.74 Å². The lowest BCUT2D eigenvalue weighted by Gasteiger charge is -2.12. The number of hydrogen-bond donors (Lipinski definition) is 2. The van der Waals surface area contributed by atoms with Crippen LogP contribution in [0.2, 0.25) is 0 Å². The summed E-state index contributed by atoms with van der Waals surface area (Å²) in [5.41, 5.74) is 0. The van der Waals surface area contributed by atoms with Gasteiger partial charge in [0.1, 0.15) is 12.7 Å². The van der Waals surface area contributed by atoms with Crippen LogP contribution in [0.1, 0.15) is 142 Å². The van der Waals surface area contributed by atoms with Gasteiger partial charge in [-0.2, -0.15) is 0 Å². The summed E-state index contributed by atoms with van der Waals surface area (Å²) in [6, 6.07) is 0. The highest BCUT2D eigenvalue weighted by Crippen LogP contribution is 2.12. The fraction of sp³-hybridized carbons (Fsp3) is 0.893. The third kappa shape index (κ3) is 22.4. The van der Waals surface area contributed by atoms with Gasteiger partial charge in [-0.05, 0) is 12.8 Å². The summed E-state index contributed by atoms with van der Waals surface area (Å²) in [6.07, 6.45) is 20.6. The van der Waals surface area contributed by atoms with Crippen LogP contribution >= 0.6 is 0 Å². The van der Waals surface area contributed by atoms with E-state index < -0.39 is 17.8 Å². The van der Waals surface area contributed by atoms with E-state index in [9.17, 15) is 19.5 Å². The first-order chi connectivity index (χ1) is 16.5. The fourth-order valence-corrected chi connectivity index (χ4v) is 3.92. The van der Waals surface area contributed by atoms with Gasteiger partial charge in [0.05, 0.1) is 0 Å². The molecule has 0 spiro atoms. The Bertz CT molecular complexity index is 509. The average Bonchev–Trinajstić information content (AvgIpc) is 2.83. The number of carbonyl (C=O) groups excluding carboxylic acids is 3. The van der Waals surface area contributed by atoms with Crippen molar-refractivity contribution in [3.63, 3.8) is 0 Å². The van der Waals surface area contributed by atoms with Crippen LogP contribution in [-0.4, -0.2) is 42.0 Å². The zero-order valence-corrected chi connectivity index (χ0v) is 22.2. The second kappa shape index (κ2) is 24.7. The molecular formula is C28H53NO5. The Hall–Kier alpha value is -1.43. The summed E-state index contributed by atoms with van der Waals surface area (Å²) in [6.45, 7) is 4.17. The number of aliphatic hydroxyl groups is 1. The Morgan fingerprint density at radius 1 is 0.647 bits per heavy atom. The van der Waals surface area contributed by atoms with E-state index in [0.717, 1.165) is 38.5 Å². The van der Waals surface area contributed by atoms with Crippen LogP contribution in [-0.2, 0) is 19.1 Å². The Labute approximate surface area is 209 Å². The van der Waals surface area contributed by atoms with Crippen molar-refractivity contribution < 1.29 is 24.2 Å². The number of rotatable bonds is 25. The van der Waals surface area contributed by atoms with Gasteiger partial charge in [-0.1, -0.05) is 117 Å². The highest BCUT2D eigenvalue weighted by molar-refractivity contribution is 6.36. The predicted octanol–water partition coefficient (Wildman–Crippen LogP) is 6.42. The molecule has 0 aliphatic heterocycles. The first-order valence-corrected chi connectivity index (χ1v) is 14.2. The molecule has 0 saturated carbocycles. The van der Waals surface area contributed by atoms with E-state index in [-0.39, 0.29) is 25.5 Å². The van der Waals surface area contributed by atoms with Gasteiger partial charge in [0.15, 0.2) is 0 Å². The molecule has 200 valence electrons. The molecule has 1 amide bonds. The summed E-state index contributed by atoms with van der Waals surface area (Å²) < 4.78 is 5.08. The molecule has 0 bridgehead atoms. The van der Waals surface area contributed by atoms with E-state index in [1.54, 1.807) is 0 Å². The maximum absolute atomic E-state index is 11.9. The van der Waals surface area contributed by atoms with Gasteiger partial charge in [0.2, 0.25) is 5.78 Å². The second-order valence-electron chi connectivity index (χ2n) is 9.63. The molecule has 0 aliphatic carbocycles. The number of aliphatic hydroxyl groups excluding tert-OH is 1. The third-order valence-corrected chi connectivity index (χ3v) is 6.18. The fourth-order valence-electron chi connectivity index (χ4n) is 3.92. The Balaban J connectivity index is 3.59. The van der Waals surface area contributed by atoms with Crippen molar-refractivity contribution in [2.24, 2.45) is 0 Å². The van der Waals surface area contributed by atoms with Crippen molar-refractivity contribution in [2.75, 3.05) is 13.2 Å². The quantitative estimate of drug-likeness (QED) is 0.0888. The highest BCUT2D eigenvalue weighted by atomic mass is 16.5. The highest BCUT2D eigenvalue weighted by Gasteiger charge is 2.15. The van der Waals surface area contributed by atoms with Crippen molar-refractivity contribution in [1.82, 2.24) is 5.32 Å². The molecule has 0 aromatic carbocycles. The van der Waals surface area contributed by atoms with Crippen molar-refractivity contribution in [3.8, 4) is 0 Å². The van der Waals surface area contributed by atoms with Gasteiger partial charge >= 0.3 is 5.97 Å². The molecule has 0 radical (unpaired) electrons. The van der Waals surface area contributed by atoms with Gasteiger partial charge < -0.3 is 15.2 Å². The van der Waals surface area contributed by atoms with E-state index in [0.29, 0.717) is 6.42 Å². The predicted molar refractivity (Wildman–Crippen MR) is 139 cm³/mol. The maximum Gasteiger partial charge on any atom is 0.305 e. The average molecular weight is 484 g/mol. The molecule has 0 saturated heterocycles. The summed E-state index contributed by atoms with van der Waals surface area (Å²) in [5, 5.41) is 12.3. The summed E-state index contributed by atoms with van der Waals surface area (Å²) in [5.74, 6) is -1.44. The largest absolute Gasteiger partial charge is 0.463 e.